The lowest BCUT2D eigenvalue weighted by Gasteiger charge is -2.26. The van der Waals surface area contributed by atoms with E-state index < -0.39 is 0 Å². The summed E-state index contributed by atoms with van der Waals surface area (Å²) in [6.45, 7) is 6.94. The minimum Gasteiger partial charge on any atom is -0.494 e. The van der Waals surface area contributed by atoms with E-state index in [1.807, 2.05) is 44.2 Å². The van der Waals surface area contributed by atoms with Crippen LogP contribution in [0.25, 0.3) is 0 Å². The van der Waals surface area contributed by atoms with Crippen LogP contribution in [0.1, 0.15) is 22.5 Å². The highest BCUT2D eigenvalue weighted by atomic mass is 16.5. The van der Waals surface area contributed by atoms with Gasteiger partial charge in [0.05, 0.1) is 30.7 Å². The third-order valence-corrected chi connectivity index (χ3v) is 7.08. The lowest BCUT2D eigenvalue weighted by molar-refractivity contribution is -0.132. The van der Waals surface area contributed by atoms with Gasteiger partial charge in [-0.15, -0.1) is 0 Å². The van der Waals surface area contributed by atoms with Crippen molar-refractivity contribution >= 4 is 46.9 Å². The predicted molar refractivity (Wildman–Crippen MR) is 167 cm³/mol. The van der Waals surface area contributed by atoms with E-state index in [1.165, 1.54) is 12.3 Å². The normalized spacial score (nSPS) is 14.3. The van der Waals surface area contributed by atoms with Gasteiger partial charge in [-0.2, -0.15) is 0 Å². The highest BCUT2D eigenvalue weighted by molar-refractivity contribution is 6.08. The summed E-state index contributed by atoms with van der Waals surface area (Å²) in [5.74, 6) is 0.0760. The third-order valence-electron chi connectivity index (χ3n) is 7.08. The monoisotopic (exact) mass is 587 g/mol. The van der Waals surface area contributed by atoms with E-state index in [0.29, 0.717) is 42.2 Å². The van der Waals surface area contributed by atoms with Crippen molar-refractivity contribution < 1.29 is 23.9 Å². The number of amides is 1. The highest BCUT2D eigenvalue weighted by Crippen LogP contribution is 2.38. The number of likely N-dealkylation sites (N-methyl/N-ethyl adjacent to an activating group) is 2. The standard InChI is InChI=1S/C31H37N7O5/c1-6-29(40)33-25-17-26(28(42-5)18-27(25)37(4)16-15-36(2)3)35-31-32-13-11-24(34-31)30(41)21-7-9-22(10-8-21)38-14-12-23(19-38)43-20-39/h6-11,13,17-18,20,23H,1,12,14-16,19H2,2-5H3,(H,33,40)(H,32,34,35)/t23-/m0/s1. The zero-order valence-corrected chi connectivity index (χ0v) is 24.9. The van der Waals surface area contributed by atoms with Crippen LogP contribution in [0.2, 0.25) is 0 Å². The smallest absolute Gasteiger partial charge is 0.293 e. The Bertz CT molecular complexity index is 1460. The van der Waals surface area contributed by atoms with Crippen molar-refractivity contribution in [3.8, 4) is 5.75 Å². The first-order chi connectivity index (χ1) is 20.7. The maximum atomic E-state index is 13.3. The molecule has 43 heavy (non-hydrogen) atoms. The molecule has 0 aliphatic carbocycles. The molecule has 1 atom stereocenters. The van der Waals surface area contributed by atoms with Crippen LogP contribution in [0.3, 0.4) is 0 Å². The first kappa shape index (κ1) is 31.0. The number of carbonyl (C=O) groups is 3. The predicted octanol–water partition coefficient (Wildman–Crippen LogP) is 3.33. The van der Waals surface area contributed by atoms with Crippen molar-refractivity contribution in [2.75, 3.05) is 74.9 Å². The van der Waals surface area contributed by atoms with Crippen LogP contribution in [0.5, 0.6) is 5.75 Å². The van der Waals surface area contributed by atoms with Gasteiger partial charge in [0.2, 0.25) is 17.6 Å². The maximum Gasteiger partial charge on any atom is 0.293 e. The summed E-state index contributed by atoms with van der Waals surface area (Å²) in [5.41, 5.74) is 3.44. The Morgan fingerprint density at radius 2 is 1.88 bits per heavy atom. The van der Waals surface area contributed by atoms with E-state index >= 15 is 0 Å². The molecule has 1 saturated heterocycles. The number of anilines is 5. The average Bonchev–Trinajstić information content (AvgIpc) is 3.48. The van der Waals surface area contributed by atoms with E-state index in [4.69, 9.17) is 9.47 Å². The Morgan fingerprint density at radius 1 is 1.12 bits per heavy atom. The summed E-state index contributed by atoms with van der Waals surface area (Å²) >= 11 is 0. The summed E-state index contributed by atoms with van der Waals surface area (Å²) in [6.07, 6.45) is 3.35. The van der Waals surface area contributed by atoms with Crippen molar-refractivity contribution in [1.82, 2.24) is 14.9 Å². The summed E-state index contributed by atoms with van der Waals surface area (Å²) in [6, 6.07) is 12.4. The van der Waals surface area contributed by atoms with Crippen molar-refractivity contribution in [3.05, 3.63) is 72.6 Å². The number of aromatic nitrogens is 2. The molecule has 2 heterocycles. The molecule has 0 spiro atoms. The van der Waals surface area contributed by atoms with E-state index in [1.54, 1.807) is 31.4 Å². The lowest BCUT2D eigenvalue weighted by atomic mass is 10.1. The van der Waals surface area contributed by atoms with Crippen LogP contribution in [0, 0.1) is 0 Å². The van der Waals surface area contributed by atoms with Crippen molar-refractivity contribution in [3.63, 3.8) is 0 Å². The maximum absolute atomic E-state index is 13.3. The van der Waals surface area contributed by atoms with E-state index in [0.717, 1.165) is 30.9 Å². The average molecular weight is 588 g/mol. The minimum absolute atomic E-state index is 0.126. The minimum atomic E-state index is -0.355. The van der Waals surface area contributed by atoms with Gasteiger partial charge in [-0.3, -0.25) is 14.4 Å². The highest BCUT2D eigenvalue weighted by Gasteiger charge is 2.24. The van der Waals surface area contributed by atoms with Crippen LogP contribution in [0.4, 0.5) is 28.7 Å². The molecule has 0 bridgehead atoms. The fraction of sp³-hybridized carbons (Fsp3) is 0.323. The zero-order valence-electron chi connectivity index (χ0n) is 24.9. The molecule has 0 saturated carbocycles. The van der Waals surface area contributed by atoms with Crippen LogP contribution in [-0.2, 0) is 14.3 Å². The van der Waals surface area contributed by atoms with Gasteiger partial charge in [-0.05, 0) is 56.6 Å². The number of carbonyl (C=O) groups excluding carboxylic acids is 3. The Morgan fingerprint density at radius 3 is 2.56 bits per heavy atom. The van der Waals surface area contributed by atoms with Gasteiger partial charge in [0.25, 0.3) is 6.47 Å². The van der Waals surface area contributed by atoms with Gasteiger partial charge in [0, 0.05) is 56.6 Å². The Labute approximate surface area is 251 Å². The van der Waals surface area contributed by atoms with Gasteiger partial charge < -0.3 is 34.8 Å². The molecule has 226 valence electrons. The second-order valence-corrected chi connectivity index (χ2v) is 10.3. The molecular formula is C31H37N7O5. The number of benzene rings is 2. The number of ketones is 1. The van der Waals surface area contributed by atoms with Gasteiger partial charge >= 0.3 is 0 Å². The molecule has 3 aromatic rings. The third kappa shape index (κ3) is 7.86. The van der Waals surface area contributed by atoms with Gasteiger partial charge in [0.15, 0.2) is 0 Å². The molecule has 1 fully saturated rings. The van der Waals surface area contributed by atoms with E-state index in [2.05, 4.69) is 37.0 Å². The topological polar surface area (TPSA) is 129 Å². The fourth-order valence-corrected chi connectivity index (χ4v) is 4.70. The van der Waals surface area contributed by atoms with Gasteiger partial charge in [-0.25, -0.2) is 9.97 Å². The van der Waals surface area contributed by atoms with Gasteiger partial charge in [-0.1, -0.05) is 6.58 Å². The van der Waals surface area contributed by atoms with Crippen molar-refractivity contribution in [2.24, 2.45) is 0 Å². The van der Waals surface area contributed by atoms with Crippen LogP contribution in [-0.4, -0.2) is 93.6 Å². The number of ether oxygens (including phenoxy) is 2. The van der Waals surface area contributed by atoms with Crippen LogP contribution >= 0.6 is 0 Å². The zero-order chi connectivity index (χ0) is 30.9. The second-order valence-electron chi connectivity index (χ2n) is 10.3. The molecule has 12 nitrogen and oxygen atoms in total. The molecule has 0 radical (unpaired) electrons. The number of hydrogen-bond donors (Lipinski definition) is 2. The number of methoxy groups -OCH3 is 1. The largest absolute Gasteiger partial charge is 0.494 e. The molecule has 1 aliphatic rings. The van der Waals surface area contributed by atoms with Crippen LogP contribution < -0.4 is 25.2 Å². The Kier molecular flexibility index (Phi) is 10.3. The summed E-state index contributed by atoms with van der Waals surface area (Å²) < 4.78 is 10.7. The molecule has 2 N–H and O–H groups in total. The molecule has 12 heteroatoms. The number of rotatable bonds is 14. The molecule has 1 aromatic heterocycles. The number of nitrogens with zero attached hydrogens (tertiary/aromatic N) is 5. The number of nitrogens with one attached hydrogen (secondary N) is 2. The van der Waals surface area contributed by atoms with Gasteiger partial charge in [0.1, 0.15) is 17.5 Å². The van der Waals surface area contributed by atoms with Crippen LogP contribution in [0.15, 0.2) is 61.3 Å². The summed E-state index contributed by atoms with van der Waals surface area (Å²) in [5, 5.41) is 5.99. The Hall–Kier alpha value is -4.97. The molecule has 2 aromatic carbocycles. The van der Waals surface area contributed by atoms with Crippen molar-refractivity contribution in [1.29, 1.82) is 0 Å². The number of hydrogen-bond acceptors (Lipinski definition) is 11. The van der Waals surface area contributed by atoms with Crippen molar-refractivity contribution in [2.45, 2.75) is 12.5 Å². The molecule has 1 aliphatic heterocycles. The Balaban J connectivity index is 1.55. The molecule has 4 rings (SSSR count). The fourth-order valence-electron chi connectivity index (χ4n) is 4.70. The second kappa shape index (κ2) is 14.3. The summed E-state index contributed by atoms with van der Waals surface area (Å²) in [7, 11) is 7.47. The summed E-state index contributed by atoms with van der Waals surface area (Å²) in [4.78, 5) is 51.1. The van der Waals surface area contributed by atoms with E-state index in [9.17, 15) is 14.4 Å². The lowest BCUT2D eigenvalue weighted by Crippen LogP contribution is -2.29. The molecule has 1 amide bonds. The molecular weight excluding hydrogens is 550 g/mol. The van der Waals surface area contributed by atoms with E-state index in [-0.39, 0.29) is 29.4 Å². The first-order valence-electron chi connectivity index (χ1n) is 13.8. The quantitative estimate of drug-likeness (QED) is 0.164. The SMILES string of the molecule is C=CC(=O)Nc1cc(Nc2nccc(C(=O)c3ccc(N4CC[C@H](OC=O)C4)cc3)n2)c(OC)cc1N(C)CCN(C)C. The molecule has 0 unspecified atom stereocenters. The first-order valence-corrected chi connectivity index (χ1v) is 13.8.